The number of urea groups is 1. The molecule has 2 aromatic carbocycles. The maximum absolute atomic E-state index is 14.1. The predicted octanol–water partition coefficient (Wildman–Crippen LogP) is 2.35. The van der Waals surface area contributed by atoms with Crippen molar-refractivity contribution < 1.29 is 42.2 Å². The van der Waals surface area contributed by atoms with E-state index in [1.165, 1.54) is 19.2 Å². The first-order valence-electron chi connectivity index (χ1n) is 16.1. The number of aliphatic hydroxyl groups excluding tert-OH is 1. The van der Waals surface area contributed by atoms with Gasteiger partial charge in [-0.2, -0.15) is 0 Å². The number of benzene rings is 2. The van der Waals surface area contributed by atoms with E-state index in [-0.39, 0.29) is 36.0 Å². The van der Waals surface area contributed by atoms with Crippen molar-refractivity contribution in [3.63, 3.8) is 0 Å². The molecule has 5 rings (SSSR count). The summed E-state index contributed by atoms with van der Waals surface area (Å²) in [5, 5.41) is 22.6. The molecule has 47 heavy (non-hydrogen) atoms. The lowest BCUT2D eigenvalue weighted by molar-refractivity contribution is -0.145. The highest BCUT2D eigenvalue weighted by atomic mass is 32.2. The number of carbonyl (C=O) groups is 2. The van der Waals surface area contributed by atoms with Crippen molar-refractivity contribution in [2.75, 3.05) is 45.2 Å². The highest BCUT2D eigenvalue weighted by Crippen LogP contribution is 2.33. The van der Waals surface area contributed by atoms with Crippen LogP contribution in [0.15, 0.2) is 59.5 Å². The van der Waals surface area contributed by atoms with Gasteiger partial charge >= 0.3 is 12.1 Å². The molecule has 1 saturated carbocycles. The fourth-order valence-electron chi connectivity index (χ4n) is 6.01. The van der Waals surface area contributed by atoms with Gasteiger partial charge in [-0.3, -0.25) is 4.84 Å². The van der Waals surface area contributed by atoms with Crippen LogP contribution in [0, 0.1) is 5.92 Å². The Bertz CT molecular complexity index is 1430. The van der Waals surface area contributed by atoms with E-state index in [1.807, 2.05) is 30.3 Å². The molecule has 5 atom stereocenters. The Morgan fingerprint density at radius 1 is 1.04 bits per heavy atom. The molecular weight excluding hydrogens is 630 g/mol. The normalized spacial score (nSPS) is 22.4. The number of anilines is 1. The zero-order chi connectivity index (χ0) is 33.2. The van der Waals surface area contributed by atoms with Crippen molar-refractivity contribution >= 4 is 27.8 Å². The van der Waals surface area contributed by atoms with Gasteiger partial charge in [0.15, 0.2) is 6.29 Å². The number of sulfonamides is 1. The lowest BCUT2D eigenvalue weighted by Gasteiger charge is -2.31. The van der Waals surface area contributed by atoms with Crippen molar-refractivity contribution in [2.45, 2.75) is 74.1 Å². The maximum atomic E-state index is 14.1. The van der Waals surface area contributed by atoms with Gasteiger partial charge < -0.3 is 40.6 Å². The minimum atomic E-state index is -4.26. The molecule has 3 aliphatic rings. The smallest absolute Gasteiger partial charge is 0.407 e. The van der Waals surface area contributed by atoms with Gasteiger partial charge in [0.1, 0.15) is 6.10 Å². The van der Waals surface area contributed by atoms with E-state index < -0.39 is 47.2 Å². The second-order valence-corrected chi connectivity index (χ2v) is 13.8. The minimum absolute atomic E-state index is 0.0338. The van der Waals surface area contributed by atoms with Crippen LogP contribution in [0.25, 0.3) is 0 Å². The molecule has 0 aromatic heterocycles. The highest BCUT2D eigenvalue weighted by Gasteiger charge is 2.44. The monoisotopic (exact) mass is 675 g/mol. The van der Waals surface area contributed by atoms with Crippen LogP contribution in [0.5, 0.6) is 0 Å². The molecule has 258 valence electrons. The largest absolute Gasteiger partial charge is 0.443 e. The molecule has 2 aliphatic heterocycles. The maximum Gasteiger partial charge on any atom is 0.407 e. The number of nitrogens with zero attached hydrogens (tertiary/aromatic N) is 1. The summed E-state index contributed by atoms with van der Waals surface area (Å²) in [4.78, 5) is 30.6. The van der Waals surface area contributed by atoms with E-state index in [2.05, 4.69) is 21.3 Å². The molecule has 0 unspecified atom stereocenters. The van der Waals surface area contributed by atoms with Crippen LogP contribution in [0.4, 0.5) is 15.3 Å². The summed E-state index contributed by atoms with van der Waals surface area (Å²) in [6, 6.07) is 14.3. The van der Waals surface area contributed by atoms with Crippen LogP contribution in [0.1, 0.15) is 37.7 Å². The molecule has 3 fully saturated rings. The topological polar surface area (TPSA) is 177 Å². The summed E-state index contributed by atoms with van der Waals surface area (Å²) in [5.74, 6) is -0.0592. The molecule has 3 amide bonds. The Labute approximate surface area is 275 Å². The Morgan fingerprint density at radius 2 is 1.83 bits per heavy atom. The zero-order valence-electron chi connectivity index (χ0n) is 26.5. The minimum Gasteiger partial charge on any atom is -0.443 e. The van der Waals surface area contributed by atoms with Gasteiger partial charge in [-0.1, -0.05) is 53.7 Å². The average molecular weight is 676 g/mol. The summed E-state index contributed by atoms with van der Waals surface area (Å²) in [6.45, 7) is 0.998. The van der Waals surface area contributed by atoms with Gasteiger partial charge in [0.2, 0.25) is 0 Å². The van der Waals surface area contributed by atoms with Crippen LogP contribution >= 0.6 is 0 Å². The lowest BCUT2D eigenvalue weighted by atomic mass is 10.0. The van der Waals surface area contributed by atoms with Crippen molar-refractivity contribution in [1.29, 1.82) is 0 Å². The summed E-state index contributed by atoms with van der Waals surface area (Å²) in [7, 11) is -2.74. The first kappa shape index (κ1) is 34.9. The van der Waals surface area contributed by atoms with Crippen LogP contribution in [0.3, 0.4) is 0 Å². The average Bonchev–Trinajstić information content (AvgIpc) is 3.84. The molecule has 2 aromatic rings. The third kappa shape index (κ3) is 9.55. The molecule has 1 aliphatic carbocycles. The van der Waals surface area contributed by atoms with Gasteiger partial charge in [-0.25, -0.2) is 18.0 Å². The Morgan fingerprint density at radius 3 is 2.60 bits per heavy atom. The van der Waals surface area contributed by atoms with Crippen LogP contribution < -0.4 is 21.3 Å². The summed E-state index contributed by atoms with van der Waals surface area (Å²) in [6.07, 6.45) is 0.827. The Balaban J connectivity index is 1.31. The van der Waals surface area contributed by atoms with E-state index in [1.54, 1.807) is 12.1 Å². The number of hydroxylamine groups is 1. The summed E-state index contributed by atoms with van der Waals surface area (Å²) >= 11 is 0. The molecule has 0 bridgehead atoms. The van der Waals surface area contributed by atoms with Crippen molar-refractivity contribution in [1.82, 2.24) is 20.4 Å². The fraction of sp³-hybridized carbons (Fsp3) is 0.562. The van der Waals surface area contributed by atoms with Crippen molar-refractivity contribution in [2.24, 2.45) is 5.92 Å². The standard InChI is InChI=1S/C32H45N5O9S/c1-33-31(39)35-16-15-34-23-10-7-13-25(19-23)47(41,42)37(46-24-11-5-6-12-24)20-28(38)27(18-22-8-3-2-4-9-22)36-32(40)45-29-21-44-30-26(29)14-17-43-30/h2-4,7-10,13,19,24,26-30,34,38H,5-6,11-12,14-18,20-21H2,1H3,(H,36,40)(H2,33,35,39)/t26-,27+,28-,29-,30+/m1/s1. The highest BCUT2D eigenvalue weighted by molar-refractivity contribution is 7.89. The van der Waals surface area contributed by atoms with E-state index in [0.29, 0.717) is 44.6 Å². The Kier molecular flexibility index (Phi) is 12.3. The number of nitrogens with one attached hydrogen (secondary N) is 4. The van der Waals surface area contributed by atoms with Gasteiger partial charge in [0, 0.05) is 25.8 Å². The Hall–Kier alpha value is -3.47. The number of hydrogen-bond acceptors (Lipinski definition) is 10. The van der Waals surface area contributed by atoms with Crippen LogP contribution in [-0.2, 0) is 35.5 Å². The van der Waals surface area contributed by atoms with Crippen LogP contribution in [-0.4, -0.2) is 101 Å². The molecular formula is C32H45N5O9S. The van der Waals surface area contributed by atoms with Gasteiger partial charge in [-0.05, 0) is 49.4 Å². The molecule has 14 nitrogen and oxygen atoms in total. The molecule has 5 N–H and O–H groups in total. The second-order valence-electron chi connectivity index (χ2n) is 11.9. The molecule has 0 spiro atoms. The number of aliphatic hydroxyl groups is 1. The summed E-state index contributed by atoms with van der Waals surface area (Å²) < 4.78 is 45.8. The number of ether oxygens (including phenoxy) is 3. The number of carbonyl (C=O) groups excluding carboxylic acids is 2. The van der Waals surface area contributed by atoms with Gasteiger partial charge in [0.25, 0.3) is 10.0 Å². The second kappa shape index (κ2) is 16.6. The molecule has 2 heterocycles. The zero-order valence-corrected chi connectivity index (χ0v) is 27.3. The third-order valence-electron chi connectivity index (χ3n) is 8.58. The van der Waals surface area contributed by atoms with Crippen LogP contribution in [0.2, 0.25) is 0 Å². The van der Waals surface area contributed by atoms with Gasteiger partial charge in [-0.15, -0.1) is 0 Å². The predicted molar refractivity (Wildman–Crippen MR) is 172 cm³/mol. The number of alkyl carbamates (subject to hydrolysis) is 1. The van der Waals surface area contributed by atoms with E-state index in [4.69, 9.17) is 19.0 Å². The fourth-order valence-corrected chi connectivity index (χ4v) is 7.36. The van der Waals surface area contributed by atoms with E-state index in [9.17, 15) is 23.1 Å². The van der Waals surface area contributed by atoms with Crippen molar-refractivity contribution in [3.8, 4) is 0 Å². The first-order valence-corrected chi connectivity index (χ1v) is 17.6. The number of rotatable bonds is 15. The lowest BCUT2D eigenvalue weighted by Crippen LogP contribution is -2.51. The molecule has 0 radical (unpaired) electrons. The van der Waals surface area contributed by atoms with E-state index in [0.717, 1.165) is 22.9 Å². The third-order valence-corrected chi connectivity index (χ3v) is 10.2. The number of amides is 3. The first-order chi connectivity index (χ1) is 22.7. The molecule has 2 saturated heterocycles. The van der Waals surface area contributed by atoms with Crippen molar-refractivity contribution in [3.05, 3.63) is 60.2 Å². The van der Waals surface area contributed by atoms with E-state index >= 15 is 0 Å². The quantitative estimate of drug-likeness (QED) is 0.139. The SMILES string of the molecule is CNC(=O)NCCNc1cccc(S(=O)(=O)N(C[C@@H](O)[C@H](Cc2ccccc2)NC(=O)O[C@@H]2CO[C@@H]3OCC[C@@H]32)OC2CCCC2)c1. The summed E-state index contributed by atoms with van der Waals surface area (Å²) in [5.41, 5.74) is 1.37. The van der Waals surface area contributed by atoms with Gasteiger partial charge in [0.05, 0.1) is 48.8 Å². The number of hydrogen-bond donors (Lipinski definition) is 5. The molecule has 15 heteroatoms. The number of fused-ring (bicyclic) bond motifs is 1.